The predicted molar refractivity (Wildman–Crippen MR) is 59.5 cm³/mol. The van der Waals surface area contributed by atoms with E-state index in [4.69, 9.17) is 5.73 Å². The highest BCUT2D eigenvalue weighted by Crippen LogP contribution is 2.04. The molecule has 5 N–H and O–H groups in total. The van der Waals surface area contributed by atoms with Crippen molar-refractivity contribution in [1.82, 2.24) is 4.90 Å². The van der Waals surface area contributed by atoms with Crippen LogP contribution in [-0.2, 0) is 0 Å². The maximum absolute atomic E-state index is 9.65. The number of aliphatic hydroxyl groups is 3. The number of likely N-dealkylation sites (N-methyl/N-ethyl adjacent to an activating group) is 1. The molecule has 15 heavy (non-hydrogen) atoms. The second-order valence-corrected chi connectivity index (χ2v) is 3.75. The molecule has 0 amide bonds. The van der Waals surface area contributed by atoms with E-state index in [0.29, 0.717) is 6.54 Å². The molecule has 0 spiro atoms. The fourth-order valence-electron chi connectivity index (χ4n) is 1.40. The van der Waals surface area contributed by atoms with E-state index in [0.717, 1.165) is 13.1 Å². The first-order valence-electron chi connectivity index (χ1n) is 5.51. The van der Waals surface area contributed by atoms with E-state index in [-0.39, 0.29) is 13.0 Å². The summed E-state index contributed by atoms with van der Waals surface area (Å²) in [5, 5.41) is 28.4. The average Bonchev–Trinajstić information content (AvgIpc) is 2.24. The lowest BCUT2D eigenvalue weighted by molar-refractivity contribution is -0.0246. The van der Waals surface area contributed by atoms with E-state index in [2.05, 4.69) is 0 Å². The van der Waals surface area contributed by atoms with E-state index in [1.807, 2.05) is 18.7 Å². The van der Waals surface area contributed by atoms with Crippen molar-refractivity contribution < 1.29 is 15.3 Å². The first-order chi connectivity index (χ1) is 7.04. The minimum absolute atomic E-state index is 0.106. The normalized spacial score (nSPS) is 17.8. The van der Waals surface area contributed by atoms with Crippen LogP contribution in [0.4, 0.5) is 0 Å². The number of rotatable bonds is 8. The van der Waals surface area contributed by atoms with Gasteiger partial charge in [-0.05, 0) is 13.1 Å². The molecule has 0 saturated carbocycles. The Morgan fingerprint density at radius 1 is 1.07 bits per heavy atom. The maximum Gasteiger partial charge on any atom is 0.0926 e. The quantitative estimate of drug-likeness (QED) is 0.411. The van der Waals surface area contributed by atoms with Crippen LogP contribution < -0.4 is 5.73 Å². The largest absolute Gasteiger partial charge is 0.392 e. The minimum Gasteiger partial charge on any atom is -0.392 e. The lowest BCUT2D eigenvalue weighted by atomic mass is 10.1. The van der Waals surface area contributed by atoms with Crippen LogP contribution in [0.5, 0.6) is 0 Å². The van der Waals surface area contributed by atoms with Gasteiger partial charge in [0.15, 0.2) is 0 Å². The van der Waals surface area contributed by atoms with Crippen molar-refractivity contribution in [3.05, 3.63) is 0 Å². The second-order valence-electron chi connectivity index (χ2n) is 3.75. The number of hydrogen-bond acceptors (Lipinski definition) is 5. The lowest BCUT2D eigenvalue weighted by Crippen LogP contribution is -2.41. The molecule has 0 heterocycles. The minimum atomic E-state index is -0.913. The SMILES string of the molecule is CCN(CC)CC(O)C(O)CC(O)CN. The van der Waals surface area contributed by atoms with E-state index in [1.165, 1.54) is 0 Å². The Balaban J connectivity index is 3.91. The van der Waals surface area contributed by atoms with Gasteiger partial charge >= 0.3 is 0 Å². The maximum atomic E-state index is 9.65. The molecule has 3 atom stereocenters. The van der Waals surface area contributed by atoms with Gasteiger partial charge in [-0.1, -0.05) is 13.8 Å². The Kier molecular flexibility index (Phi) is 7.90. The molecule has 0 aromatic rings. The molecule has 0 aliphatic heterocycles. The van der Waals surface area contributed by atoms with E-state index in [1.54, 1.807) is 0 Å². The number of aliphatic hydroxyl groups excluding tert-OH is 3. The van der Waals surface area contributed by atoms with Crippen molar-refractivity contribution in [2.45, 2.75) is 38.6 Å². The van der Waals surface area contributed by atoms with Crippen molar-refractivity contribution >= 4 is 0 Å². The summed E-state index contributed by atoms with van der Waals surface area (Å²) in [6.07, 6.45) is -2.36. The summed E-state index contributed by atoms with van der Waals surface area (Å²) in [7, 11) is 0. The van der Waals surface area contributed by atoms with Crippen LogP contribution in [0, 0.1) is 0 Å². The van der Waals surface area contributed by atoms with Crippen molar-refractivity contribution in [1.29, 1.82) is 0 Å². The second kappa shape index (κ2) is 8.01. The predicted octanol–water partition coefficient (Wildman–Crippen LogP) is -1.24. The molecule has 0 radical (unpaired) electrons. The summed E-state index contributed by atoms with van der Waals surface area (Å²) < 4.78 is 0. The molecular weight excluding hydrogens is 196 g/mol. The van der Waals surface area contributed by atoms with Crippen LogP contribution >= 0.6 is 0 Å². The molecule has 0 fully saturated rings. The standard InChI is InChI=1S/C10H24N2O3/c1-3-12(4-2)7-10(15)9(14)5-8(13)6-11/h8-10,13-15H,3-7,11H2,1-2H3. The van der Waals surface area contributed by atoms with Gasteiger partial charge in [0.1, 0.15) is 0 Å². The zero-order chi connectivity index (χ0) is 11.8. The molecule has 0 aliphatic rings. The first kappa shape index (κ1) is 14.8. The van der Waals surface area contributed by atoms with Crippen LogP contribution in [0.25, 0.3) is 0 Å². The van der Waals surface area contributed by atoms with E-state index >= 15 is 0 Å². The Labute approximate surface area is 91.5 Å². The number of hydrogen-bond donors (Lipinski definition) is 4. The molecule has 0 aliphatic carbocycles. The summed E-state index contributed by atoms with van der Waals surface area (Å²) >= 11 is 0. The van der Waals surface area contributed by atoms with Gasteiger partial charge in [-0.25, -0.2) is 0 Å². The summed E-state index contributed by atoms with van der Waals surface area (Å²) in [6.45, 7) is 6.19. The number of nitrogens with zero attached hydrogens (tertiary/aromatic N) is 1. The molecule has 0 rings (SSSR count). The van der Waals surface area contributed by atoms with Gasteiger partial charge in [0.05, 0.1) is 18.3 Å². The third-order valence-electron chi connectivity index (χ3n) is 2.57. The van der Waals surface area contributed by atoms with Gasteiger partial charge in [0, 0.05) is 19.5 Å². The summed E-state index contributed by atoms with van der Waals surface area (Å²) in [4.78, 5) is 2.02. The molecule has 0 saturated heterocycles. The van der Waals surface area contributed by atoms with E-state index in [9.17, 15) is 15.3 Å². The van der Waals surface area contributed by atoms with Gasteiger partial charge < -0.3 is 26.0 Å². The summed E-state index contributed by atoms with van der Waals surface area (Å²) in [5.41, 5.74) is 5.22. The highest BCUT2D eigenvalue weighted by atomic mass is 16.3. The first-order valence-corrected chi connectivity index (χ1v) is 5.51. The van der Waals surface area contributed by atoms with Crippen LogP contribution in [0.3, 0.4) is 0 Å². The molecular formula is C10H24N2O3. The van der Waals surface area contributed by atoms with Gasteiger partial charge in [-0.3, -0.25) is 0 Å². The van der Waals surface area contributed by atoms with Crippen molar-refractivity contribution in [3.8, 4) is 0 Å². The van der Waals surface area contributed by atoms with Crippen LogP contribution in [0.1, 0.15) is 20.3 Å². The third kappa shape index (κ3) is 6.06. The van der Waals surface area contributed by atoms with Gasteiger partial charge in [0.2, 0.25) is 0 Å². The average molecular weight is 220 g/mol. The Hall–Kier alpha value is -0.200. The zero-order valence-electron chi connectivity index (χ0n) is 9.63. The smallest absolute Gasteiger partial charge is 0.0926 e. The fourth-order valence-corrected chi connectivity index (χ4v) is 1.40. The molecule has 92 valence electrons. The molecule has 3 unspecified atom stereocenters. The highest BCUT2D eigenvalue weighted by Gasteiger charge is 2.20. The Bertz CT molecular complexity index is 154. The van der Waals surface area contributed by atoms with Crippen LogP contribution in [0.2, 0.25) is 0 Å². The Morgan fingerprint density at radius 2 is 1.60 bits per heavy atom. The molecule has 5 heteroatoms. The highest BCUT2D eigenvalue weighted by molar-refractivity contribution is 4.74. The topological polar surface area (TPSA) is 90.0 Å². The number of nitrogens with two attached hydrogens (primary N) is 1. The zero-order valence-corrected chi connectivity index (χ0v) is 9.63. The van der Waals surface area contributed by atoms with Gasteiger partial charge in [0.25, 0.3) is 0 Å². The summed E-state index contributed by atoms with van der Waals surface area (Å²) in [6, 6.07) is 0. The Morgan fingerprint density at radius 3 is 2.00 bits per heavy atom. The molecule has 0 aromatic carbocycles. The van der Waals surface area contributed by atoms with Crippen molar-refractivity contribution in [3.63, 3.8) is 0 Å². The molecule has 0 bridgehead atoms. The van der Waals surface area contributed by atoms with Crippen LogP contribution in [-0.4, -0.2) is 64.7 Å². The lowest BCUT2D eigenvalue weighted by Gasteiger charge is -2.26. The molecule has 5 nitrogen and oxygen atoms in total. The fraction of sp³-hybridized carbons (Fsp3) is 1.00. The third-order valence-corrected chi connectivity index (χ3v) is 2.57. The van der Waals surface area contributed by atoms with E-state index < -0.39 is 18.3 Å². The monoisotopic (exact) mass is 220 g/mol. The van der Waals surface area contributed by atoms with Gasteiger partial charge in [-0.2, -0.15) is 0 Å². The van der Waals surface area contributed by atoms with Crippen LogP contribution in [0.15, 0.2) is 0 Å². The summed E-state index contributed by atoms with van der Waals surface area (Å²) in [5.74, 6) is 0. The molecule has 0 aromatic heterocycles. The van der Waals surface area contributed by atoms with Gasteiger partial charge in [-0.15, -0.1) is 0 Å². The van der Waals surface area contributed by atoms with Crippen molar-refractivity contribution in [2.75, 3.05) is 26.2 Å². The van der Waals surface area contributed by atoms with Crippen molar-refractivity contribution in [2.24, 2.45) is 5.73 Å².